The van der Waals surface area contributed by atoms with Crippen molar-refractivity contribution in [2.24, 2.45) is 0 Å². The second kappa shape index (κ2) is 7.30. The molecule has 0 aliphatic rings. The van der Waals surface area contributed by atoms with Gasteiger partial charge in [0.2, 0.25) is 0 Å². The van der Waals surface area contributed by atoms with E-state index in [1.807, 2.05) is 31.2 Å². The fraction of sp³-hybridized carbons (Fsp3) is 0.294. The van der Waals surface area contributed by atoms with Crippen LogP contribution in [0.3, 0.4) is 0 Å². The predicted octanol–water partition coefficient (Wildman–Crippen LogP) is 5.12. The van der Waals surface area contributed by atoms with Gasteiger partial charge in [-0.1, -0.05) is 58.7 Å². The zero-order valence-electron chi connectivity index (χ0n) is 12.4. The molecule has 1 unspecified atom stereocenters. The van der Waals surface area contributed by atoms with Gasteiger partial charge in [0.05, 0.1) is 13.2 Å². The highest BCUT2D eigenvalue weighted by Gasteiger charge is 2.19. The Morgan fingerprint density at radius 1 is 1.24 bits per heavy atom. The Bertz CT molecular complexity index is 630. The highest BCUT2D eigenvalue weighted by molar-refractivity contribution is 9.10. The Morgan fingerprint density at radius 2 is 2.00 bits per heavy atom. The molecule has 0 aliphatic carbocycles. The largest absolute Gasteiger partial charge is 0.497 e. The van der Waals surface area contributed by atoms with Crippen molar-refractivity contribution in [3.8, 4) is 5.75 Å². The molecule has 0 fully saturated rings. The number of benzene rings is 2. The van der Waals surface area contributed by atoms with Gasteiger partial charge in [0.25, 0.3) is 0 Å². The highest BCUT2D eigenvalue weighted by atomic mass is 79.9. The van der Waals surface area contributed by atoms with Crippen LogP contribution in [-0.4, -0.2) is 13.7 Å². The van der Waals surface area contributed by atoms with Crippen LogP contribution >= 0.6 is 27.5 Å². The van der Waals surface area contributed by atoms with Gasteiger partial charge in [-0.2, -0.15) is 0 Å². The SMILES string of the molecule is CCNC(c1ccc(OC)cc1Br)c1cccc(C)c1Cl. The summed E-state index contributed by atoms with van der Waals surface area (Å²) < 4.78 is 6.27. The summed E-state index contributed by atoms with van der Waals surface area (Å²) >= 11 is 10.1. The summed E-state index contributed by atoms with van der Waals surface area (Å²) in [5, 5.41) is 4.32. The van der Waals surface area contributed by atoms with Gasteiger partial charge in [0.15, 0.2) is 0 Å². The van der Waals surface area contributed by atoms with Crippen LogP contribution in [0.4, 0.5) is 0 Å². The molecule has 0 amide bonds. The molecule has 1 N–H and O–H groups in total. The third-order valence-electron chi connectivity index (χ3n) is 3.46. The molecule has 2 aromatic rings. The zero-order chi connectivity index (χ0) is 15.4. The van der Waals surface area contributed by atoms with Crippen LogP contribution in [0.2, 0.25) is 5.02 Å². The number of hydrogen-bond donors (Lipinski definition) is 1. The normalized spacial score (nSPS) is 12.2. The molecule has 0 radical (unpaired) electrons. The van der Waals surface area contributed by atoms with Crippen molar-refractivity contribution < 1.29 is 4.74 Å². The van der Waals surface area contributed by atoms with Crippen LogP contribution in [0.15, 0.2) is 40.9 Å². The zero-order valence-corrected chi connectivity index (χ0v) is 14.8. The number of rotatable bonds is 5. The molecule has 0 aliphatic heterocycles. The van der Waals surface area contributed by atoms with E-state index in [0.717, 1.165) is 38.5 Å². The monoisotopic (exact) mass is 367 g/mol. The third kappa shape index (κ3) is 3.60. The van der Waals surface area contributed by atoms with Crippen LogP contribution in [-0.2, 0) is 0 Å². The van der Waals surface area contributed by atoms with Crippen LogP contribution in [0.1, 0.15) is 29.7 Å². The van der Waals surface area contributed by atoms with Crippen molar-refractivity contribution >= 4 is 27.5 Å². The molecule has 2 nitrogen and oxygen atoms in total. The number of halogens is 2. The maximum absolute atomic E-state index is 6.50. The summed E-state index contributed by atoms with van der Waals surface area (Å²) in [6.07, 6.45) is 0. The maximum atomic E-state index is 6.50. The lowest BCUT2D eigenvalue weighted by molar-refractivity contribution is 0.414. The van der Waals surface area contributed by atoms with Crippen molar-refractivity contribution in [3.63, 3.8) is 0 Å². The van der Waals surface area contributed by atoms with Crippen molar-refractivity contribution in [3.05, 3.63) is 62.6 Å². The number of aryl methyl sites for hydroxylation is 1. The van der Waals surface area contributed by atoms with E-state index < -0.39 is 0 Å². The molecule has 21 heavy (non-hydrogen) atoms. The molecule has 2 aromatic carbocycles. The van der Waals surface area contributed by atoms with Crippen LogP contribution in [0.5, 0.6) is 5.75 Å². The molecule has 1 atom stereocenters. The molecule has 0 heterocycles. The van der Waals surface area contributed by atoms with E-state index in [9.17, 15) is 0 Å². The Labute approximate surface area is 139 Å². The standard InChI is InChI=1S/C17H19BrClNO/c1-4-20-17(14-7-5-6-11(2)16(14)19)13-9-8-12(21-3)10-15(13)18/h5-10,17,20H,4H2,1-3H3. The van der Waals surface area contributed by atoms with Crippen LogP contribution in [0, 0.1) is 6.92 Å². The molecule has 0 aromatic heterocycles. The summed E-state index contributed by atoms with van der Waals surface area (Å²) in [6, 6.07) is 12.2. The molecule has 0 saturated carbocycles. The molecular weight excluding hydrogens is 350 g/mol. The lowest BCUT2D eigenvalue weighted by Gasteiger charge is -2.22. The van der Waals surface area contributed by atoms with Gasteiger partial charge in [-0.25, -0.2) is 0 Å². The fourth-order valence-electron chi connectivity index (χ4n) is 2.35. The third-order valence-corrected chi connectivity index (χ3v) is 4.66. The Hall–Kier alpha value is -1.03. The Kier molecular flexibility index (Phi) is 5.68. The van der Waals surface area contributed by atoms with Crippen LogP contribution < -0.4 is 10.1 Å². The average Bonchev–Trinajstić information content (AvgIpc) is 2.48. The van der Waals surface area contributed by atoms with Crippen molar-refractivity contribution in [2.45, 2.75) is 19.9 Å². The highest BCUT2D eigenvalue weighted by Crippen LogP contribution is 2.35. The van der Waals surface area contributed by atoms with Gasteiger partial charge in [0.1, 0.15) is 5.75 Å². The van der Waals surface area contributed by atoms with Gasteiger partial charge < -0.3 is 10.1 Å². The first-order chi connectivity index (χ1) is 10.1. The Morgan fingerprint density at radius 3 is 2.62 bits per heavy atom. The molecule has 2 rings (SSSR count). The van der Waals surface area contributed by atoms with Gasteiger partial charge in [-0.3, -0.25) is 0 Å². The Balaban J connectivity index is 2.51. The summed E-state index contributed by atoms with van der Waals surface area (Å²) in [6.45, 7) is 4.97. The number of ether oxygens (including phenoxy) is 1. The van der Waals surface area contributed by atoms with Crippen molar-refractivity contribution in [2.75, 3.05) is 13.7 Å². The van der Waals surface area contributed by atoms with Gasteiger partial charge >= 0.3 is 0 Å². The minimum absolute atomic E-state index is 0.0441. The number of hydrogen-bond acceptors (Lipinski definition) is 2. The molecular formula is C17H19BrClNO. The summed E-state index contributed by atoms with van der Waals surface area (Å²) in [5.74, 6) is 0.830. The fourth-order valence-corrected chi connectivity index (χ4v) is 3.18. The lowest BCUT2D eigenvalue weighted by atomic mass is 9.97. The topological polar surface area (TPSA) is 21.3 Å². The molecule has 4 heteroatoms. The van der Waals surface area contributed by atoms with Crippen LogP contribution in [0.25, 0.3) is 0 Å². The average molecular weight is 369 g/mol. The van der Waals surface area contributed by atoms with Gasteiger partial charge in [0, 0.05) is 9.50 Å². The number of nitrogens with one attached hydrogen (secondary N) is 1. The van der Waals surface area contributed by atoms with Crippen molar-refractivity contribution in [1.29, 1.82) is 0 Å². The van der Waals surface area contributed by atoms with E-state index in [2.05, 4.69) is 40.3 Å². The summed E-state index contributed by atoms with van der Waals surface area (Å²) in [7, 11) is 1.67. The second-order valence-corrected chi connectivity index (χ2v) is 6.09. The smallest absolute Gasteiger partial charge is 0.120 e. The molecule has 0 spiro atoms. The van der Waals surface area contributed by atoms with E-state index in [4.69, 9.17) is 16.3 Å². The van der Waals surface area contributed by atoms with Gasteiger partial charge in [-0.05, 0) is 42.3 Å². The van der Waals surface area contributed by atoms with Crippen molar-refractivity contribution in [1.82, 2.24) is 5.32 Å². The quantitative estimate of drug-likeness (QED) is 0.791. The second-order valence-electron chi connectivity index (χ2n) is 4.86. The first kappa shape index (κ1) is 16.3. The minimum atomic E-state index is 0.0441. The van der Waals surface area contributed by atoms with E-state index >= 15 is 0 Å². The summed E-state index contributed by atoms with van der Waals surface area (Å²) in [5.41, 5.74) is 3.32. The molecule has 0 saturated heterocycles. The first-order valence-electron chi connectivity index (χ1n) is 6.90. The summed E-state index contributed by atoms with van der Waals surface area (Å²) in [4.78, 5) is 0. The van der Waals surface area contributed by atoms with E-state index in [1.165, 1.54) is 0 Å². The molecule has 0 bridgehead atoms. The first-order valence-corrected chi connectivity index (χ1v) is 8.07. The lowest BCUT2D eigenvalue weighted by Crippen LogP contribution is -2.23. The maximum Gasteiger partial charge on any atom is 0.120 e. The van der Waals surface area contributed by atoms with E-state index in [1.54, 1.807) is 7.11 Å². The predicted molar refractivity (Wildman–Crippen MR) is 92.4 cm³/mol. The van der Waals surface area contributed by atoms with E-state index in [-0.39, 0.29) is 6.04 Å². The van der Waals surface area contributed by atoms with Gasteiger partial charge in [-0.15, -0.1) is 0 Å². The minimum Gasteiger partial charge on any atom is -0.497 e. The number of methoxy groups -OCH3 is 1. The van der Waals surface area contributed by atoms with E-state index in [0.29, 0.717) is 0 Å². The molecule has 112 valence electrons.